The van der Waals surface area contributed by atoms with Crippen LogP contribution in [-0.2, 0) is 11.3 Å². The number of nitrogens with zero attached hydrogens (tertiary/aromatic N) is 2. The number of piperidine rings is 1. The lowest BCUT2D eigenvalue weighted by Crippen LogP contribution is -2.52. The third-order valence-electron chi connectivity index (χ3n) is 6.89. The van der Waals surface area contributed by atoms with Crippen LogP contribution in [0, 0.1) is 11.2 Å². The number of ether oxygens (including phenoxy) is 2. The average molecular weight is 480 g/mol. The summed E-state index contributed by atoms with van der Waals surface area (Å²) < 4.78 is 29.5. The Balaban J connectivity index is 1.05. The van der Waals surface area contributed by atoms with E-state index in [0.717, 1.165) is 42.6 Å². The maximum Gasteiger partial charge on any atom is 0.410 e. The van der Waals surface area contributed by atoms with Crippen LogP contribution >= 0.6 is 0 Å². The van der Waals surface area contributed by atoms with E-state index in [1.54, 1.807) is 17.0 Å². The zero-order valence-electron chi connectivity index (χ0n) is 19.1. The molecule has 1 saturated carbocycles. The molecular formula is C26H26FN3O5. The van der Waals surface area contributed by atoms with E-state index in [9.17, 15) is 14.0 Å². The number of nitrogens with two attached hydrogens (primary N) is 1. The van der Waals surface area contributed by atoms with E-state index in [0.29, 0.717) is 13.1 Å². The number of benzene rings is 2. The highest BCUT2D eigenvalue weighted by Gasteiger charge is 2.47. The zero-order valence-corrected chi connectivity index (χ0v) is 19.1. The Morgan fingerprint density at radius 2 is 1.69 bits per heavy atom. The summed E-state index contributed by atoms with van der Waals surface area (Å²) in [6.07, 6.45) is 3.48. The van der Waals surface area contributed by atoms with E-state index in [4.69, 9.17) is 19.7 Å². The topological polar surface area (TPSA) is 108 Å². The SMILES string of the molecule is NC(=O)c1cc(COC(=O)N2CCC3(CC2)CC(Oc2ccc(-c4ccc(F)cc4)cc2)C3)on1. The van der Waals surface area contributed by atoms with Gasteiger partial charge in [0.05, 0.1) is 6.10 Å². The molecule has 1 saturated heterocycles. The summed E-state index contributed by atoms with van der Waals surface area (Å²) in [6.45, 7) is 1.15. The minimum absolute atomic E-state index is 0.00143. The van der Waals surface area contributed by atoms with Gasteiger partial charge in [0.25, 0.3) is 5.91 Å². The molecule has 2 aliphatic rings. The molecule has 1 aliphatic heterocycles. The first-order chi connectivity index (χ1) is 16.9. The fraction of sp³-hybridized carbons (Fsp3) is 0.346. The van der Waals surface area contributed by atoms with Crippen molar-refractivity contribution in [2.45, 2.75) is 38.4 Å². The third-order valence-corrected chi connectivity index (χ3v) is 6.89. The number of hydrogen-bond donors (Lipinski definition) is 1. The van der Waals surface area contributed by atoms with Gasteiger partial charge in [-0.2, -0.15) is 0 Å². The van der Waals surface area contributed by atoms with Gasteiger partial charge in [-0.3, -0.25) is 4.79 Å². The van der Waals surface area contributed by atoms with Crippen molar-refractivity contribution in [2.75, 3.05) is 13.1 Å². The molecule has 2 N–H and O–H groups in total. The van der Waals surface area contributed by atoms with Crippen molar-refractivity contribution in [1.29, 1.82) is 0 Å². The minimum Gasteiger partial charge on any atom is -0.490 e. The Labute approximate surface area is 201 Å². The second-order valence-corrected chi connectivity index (χ2v) is 9.26. The first-order valence-corrected chi connectivity index (χ1v) is 11.6. The van der Waals surface area contributed by atoms with Crippen LogP contribution in [0.4, 0.5) is 9.18 Å². The molecule has 2 heterocycles. The van der Waals surface area contributed by atoms with Crippen LogP contribution in [0.5, 0.6) is 5.75 Å². The smallest absolute Gasteiger partial charge is 0.410 e. The number of primary amides is 1. The van der Waals surface area contributed by atoms with E-state index < -0.39 is 12.0 Å². The molecular weight excluding hydrogens is 453 g/mol. The first kappa shape index (κ1) is 22.9. The van der Waals surface area contributed by atoms with E-state index in [2.05, 4.69) is 5.16 Å². The highest BCUT2D eigenvalue weighted by Crippen LogP contribution is 2.50. The lowest BCUT2D eigenvalue weighted by Gasteiger charge is -2.51. The predicted octanol–water partition coefficient (Wildman–Crippen LogP) is 4.54. The van der Waals surface area contributed by atoms with Crippen LogP contribution in [0.1, 0.15) is 41.9 Å². The number of carbonyl (C=O) groups excluding carboxylic acids is 2. The molecule has 3 aromatic rings. The monoisotopic (exact) mass is 479 g/mol. The van der Waals surface area contributed by atoms with Crippen molar-refractivity contribution in [3.8, 4) is 16.9 Å². The summed E-state index contributed by atoms with van der Waals surface area (Å²) in [5.74, 6) is 0.147. The van der Waals surface area contributed by atoms with Crippen LogP contribution in [0.25, 0.3) is 11.1 Å². The van der Waals surface area contributed by atoms with Gasteiger partial charge in [-0.25, -0.2) is 9.18 Å². The lowest BCUT2D eigenvalue weighted by molar-refractivity contribution is -0.0539. The molecule has 0 atom stereocenters. The van der Waals surface area contributed by atoms with Crippen molar-refractivity contribution < 1.29 is 28.0 Å². The standard InChI is InChI=1S/C26H26FN3O5/c27-19-5-1-17(2-6-19)18-3-7-20(8-4-18)34-22-14-26(15-22)9-11-30(12-10-26)25(32)33-16-21-13-23(24(28)31)29-35-21/h1-8,13,22H,9-12,14-16H2,(H2,28,31). The molecule has 5 rings (SSSR count). The van der Waals surface area contributed by atoms with Crippen LogP contribution in [-0.4, -0.2) is 41.3 Å². The Morgan fingerprint density at radius 3 is 2.29 bits per heavy atom. The Kier molecular flexibility index (Phi) is 6.15. The Hall–Kier alpha value is -3.88. The van der Waals surface area contributed by atoms with E-state index in [1.165, 1.54) is 18.2 Å². The Morgan fingerprint density at radius 1 is 1.06 bits per heavy atom. The van der Waals surface area contributed by atoms with Crippen molar-refractivity contribution in [2.24, 2.45) is 11.1 Å². The average Bonchev–Trinajstić information content (AvgIpc) is 3.33. The number of aromatic nitrogens is 1. The van der Waals surface area contributed by atoms with Gasteiger partial charge in [-0.1, -0.05) is 29.4 Å². The van der Waals surface area contributed by atoms with Crippen LogP contribution in [0.15, 0.2) is 59.1 Å². The number of halogens is 1. The molecule has 35 heavy (non-hydrogen) atoms. The summed E-state index contributed by atoms with van der Waals surface area (Å²) in [7, 11) is 0. The molecule has 1 spiro atoms. The third kappa shape index (κ3) is 5.13. The summed E-state index contributed by atoms with van der Waals surface area (Å²) in [5.41, 5.74) is 7.31. The molecule has 8 nitrogen and oxygen atoms in total. The molecule has 1 aliphatic carbocycles. The normalized spacial score (nSPS) is 17.1. The van der Waals surface area contributed by atoms with Crippen LogP contribution in [0.2, 0.25) is 0 Å². The van der Waals surface area contributed by atoms with Gasteiger partial charge in [0, 0.05) is 19.2 Å². The molecule has 1 aromatic heterocycles. The molecule has 2 amide bonds. The predicted molar refractivity (Wildman–Crippen MR) is 124 cm³/mol. The van der Waals surface area contributed by atoms with Crippen LogP contribution < -0.4 is 10.5 Å². The van der Waals surface area contributed by atoms with Gasteiger partial charge < -0.3 is 24.6 Å². The van der Waals surface area contributed by atoms with Gasteiger partial charge >= 0.3 is 6.09 Å². The fourth-order valence-electron chi connectivity index (χ4n) is 4.84. The maximum absolute atomic E-state index is 13.1. The molecule has 0 radical (unpaired) electrons. The largest absolute Gasteiger partial charge is 0.490 e. The summed E-state index contributed by atoms with van der Waals surface area (Å²) >= 11 is 0. The highest BCUT2D eigenvalue weighted by atomic mass is 19.1. The quantitative estimate of drug-likeness (QED) is 0.556. The van der Waals surface area contributed by atoms with Gasteiger partial charge in [0.1, 0.15) is 11.6 Å². The van der Waals surface area contributed by atoms with Gasteiger partial charge in [0.15, 0.2) is 18.1 Å². The molecule has 0 unspecified atom stereocenters. The van der Waals surface area contributed by atoms with Crippen molar-refractivity contribution in [1.82, 2.24) is 10.1 Å². The lowest BCUT2D eigenvalue weighted by atomic mass is 9.61. The molecule has 9 heteroatoms. The number of hydrogen-bond acceptors (Lipinski definition) is 6. The number of carbonyl (C=O) groups is 2. The maximum atomic E-state index is 13.1. The fourth-order valence-corrected chi connectivity index (χ4v) is 4.84. The summed E-state index contributed by atoms with van der Waals surface area (Å²) in [6, 6.07) is 15.7. The van der Waals surface area contributed by atoms with Crippen molar-refractivity contribution in [3.05, 3.63) is 71.9 Å². The van der Waals surface area contributed by atoms with E-state index in [1.807, 2.05) is 24.3 Å². The van der Waals surface area contributed by atoms with Crippen LogP contribution in [0.3, 0.4) is 0 Å². The van der Waals surface area contributed by atoms with Gasteiger partial charge in [-0.15, -0.1) is 0 Å². The molecule has 2 fully saturated rings. The second kappa shape index (κ2) is 9.40. The van der Waals surface area contributed by atoms with E-state index >= 15 is 0 Å². The van der Waals surface area contributed by atoms with Gasteiger partial charge in [0.2, 0.25) is 0 Å². The minimum atomic E-state index is -0.697. The molecule has 182 valence electrons. The number of rotatable bonds is 6. The van der Waals surface area contributed by atoms with Crippen molar-refractivity contribution >= 4 is 12.0 Å². The van der Waals surface area contributed by atoms with E-state index in [-0.39, 0.29) is 35.4 Å². The first-order valence-electron chi connectivity index (χ1n) is 11.6. The second-order valence-electron chi connectivity index (χ2n) is 9.26. The summed E-state index contributed by atoms with van der Waals surface area (Å²) in [4.78, 5) is 25.1. The van der Waals surface area contributed by atoms with Gasteiger partial charge in [-0.05, 0) is 66.5 Å². The summed E-state index contributed by atoms with van der Waals surface area (Å²) in [5, 5.41) is 3.52. The number of amides is 2. The molecule has 0 bridgehead atoms. The Bertz CT molecular complexity index is 1190. The van der Waals surface area contributed by atoms with Crippen molar-refractivity contribution in [3.63, 3.8) is 0 Å². The number of likely N-dealkylation sites (tertiary alicyclic amines) is 1. The zero-order chi connectivity index (χ0) is 24.4. The highest BCUT2D eigenvalue weighted by molar-refractivity contribution is 5.90. The molecule has 2 aromatic carbocycles.